The molecule has 37 heavy (non-hydrogen) atoms. The SMILES string of the molecule is COc1ccc(C2CC(c3ccc(NC(=O)c4ccccc4C(=O)O)cc3)=NN2c2ccccc2)cc1. The summed E-state index contributed by atoms with van der Waals surface area (Å²) in [5, 5.41) is 19.2. The van der Waals surface area contributed by atoms with Gasteiger partial charge in [0.1, 0.15) is 5.75 Å². The lowest BCUT2D eigenvalue weighted by atomic mass is 9.98. The van der Waals surface area contributed by atoms with E-state index in [2.05, 4.69) is 17.4 Å². The highest BCUT2D eigenvalue weighted by molar-refractivity contribution is 6.11. The van der Waals surface area contributed by atoms with E-state index in [0.717, 1.165) is 28.3 Å². The Bertz CT molecular complexity index is 1450. The van der Waals surface area contributed by atoms with Crippen LogP contribution in [0.1, 0.15) is 44.3 Å². The number of amides is 1. The predicted octanol–water partition coefficient (Wildman–Crippen LogP) is 6.00. The summed E-state index contributed by atoms with van der Waals surface area (Å²) in [7, 11) is 1.65. The largest absolute Gasteiger partial charge is 0.497 e. The zero-order valence-corrected chi connectivity index (χ0v) is 20.2. The summed E-state index contributed by atoms with van der Waals surface area (Å²) in [6.07, 6.45) is 0.707. The molecule has 1 aliphatic heterocycles. The Kier molecular flexibility index (Phi) is 6.68. The molecule has 1 atom stereocenters. The van der Waals surface area contributed by atoms with Crippen molar-refractivity contribution in [2.75, 3.05) is 17.4 Å². The molecule has 184 valence electrons. The molecule has 4 aromatic carbocycles. The molecular weight excluding hydrogens is 466 g/mol. The van der Waals surface area contributed by atoms with Gasteiger partial charge in [-0.3, -0.25) is 9.80 Å². The minimum Gasteiger partial charge on any atom is -0.497 e. The van der Waals surface area contributed by atoms with Gasteiger partial charge in [0.2, 0.25) is 0 Å². The van der Waals surface area contributed by atoms with Gasteiger partial charge in [0.05, 0.1) is 35.7 Å². The molecule has 7 heteroatoms. The molecule has 0 bridgehead atoms. The third-order valence-corrected chi connectivity index (χ3v) is 6.31. The number of anilines is 2. The van der Waals surface area contributed by atoms with Gasteiger partial charge in [0.15, 0.2) is 0 Å². The second-order valence-corrected chi connectivity index (χ2v) is 8.60. The van der Waals surface area contributed by atoms with Crippen LogP contribution in [0, 0.1) is 0 Å². The van der Waals surface area contributed by atoms with Gasteiger partial charge in [-0.2, -0.15) is 5.10 Å². The van der Waals surface area contributed by atoms with E-state index in [1.54, 1.807) is 31.4 Å². The Labute approximate surface area is 214 Å². The maximum absolute atomic E-state index is 12.7. The average molecular weight is 492 g/mol. The van der Waals surface area contributed by atoms with Crippen LogP contribution in [0.5, 0.6) is 5.75 Å². The van der Waals surface area contributed by atoms with Crippen molar-refractivity contribution in [1.29, 1.82) is 0 Å². The maximum Gasteiger partial charge on any atom is 0.336 e. The van der Waals surface area contributed by atoms with Gasteiger partial charge in [-0.1, -0.05) is 54.6 Å². The van der Waals surface area contributed by atoms with E-state index in [-0.39, 0.29) is 17.2 Å². The van der Waals surface area contributed by atoms with Crippen LogP contribution < -0.4 is 15.1 Å². The Balaban J connectivity index is 1.38. The van der Waals surface area contributed by atoms with Crippen LogP contribution >= 0.6 is 0 Å². The molecule has 1 heterocycles. The van der Waals surface area contributed by atoms with Crippen LogP contribution in [0.25, 0.3) is 0 Å². The highest BCUT2D eigenvalue weighted by Crippen LogP contribution is 2.37. The summed E-state index contributed by atoms with van der Waals surface area (Å²) in [6.45, 7) is 0. The Hall–Kier alpha value is -4.91. The number of nitrogens with zero attached hydrogens (tertiary/aromatic N) is 2. The molecule has 0 radical (unpaired) electrons. The van der Waals surface area contributed by atoms with Gasteiger partial charge >= 0.3 is 5.97 Å². The van der Waals surface area contributed by atoms with Crippen LogP contribution in [0.4, 0.5) is 11.4 Å². The molecule has 0 aliphatic carbocycles. The quantitative estimate of drug-likeness (QED) is 0.331. The number of aromatic carboxylic acids is 1. The molecular formula is C30H25N3O4. The van der Waals surface area contributed by atoms with Crippen molar-refractivity contribution in [2.24, 2.45) is 5.10 Å². The maximum atomic E-state index is 12.7. The van der Waals surface area contributed by atoms with Crippen molar-refractivity contribution >= 4 is 29.0 Å². The average Bonchev–Trinajstić information content (AvgIpc) is 3.39. The van der Waals surface area contributed by atoms with Crippen molar-refractivity contribution in [3.63, 3.8) is 0 Å². The van der Waals surface area contributed by atoms with Crippen molar-refractivity contribution in [2.45, 2.75) is 12.5 Å². The van der Waals surface area contributed by atoms with Crippen LogP contribution in [0.2, 0.25) is 0 Å². The number of benzene rings is 4. The van der Waals surface area contributed by atoms with E-state index in [4.69, 9.17) is 9.84 Å². The first-order valence-corrected chi connectivity index (χ1v) is 11.8. The van der Waals surface area contributed by atoms with E-state index in [1.165, 1.54) is 12.1 Å². The molecule has 0 saturated carbocycles. The summed E-state index contributed by atoms with van der Waals surface area (Å²) in [5.74, 6) is -0.814. The van der Waals surface area contributed by atoms with Gasteiger partial charge < -0.3 is 15.2 Å². The fourth-order valence-electron chi connectivity index (χ4n) is 4.40. The fourth-order valence-corrected chi connectivity index (χ4v) is 4.40. The third kappa shape index (κ3) is 5.06. The normalized spacial score (nSPS) is 14.7. The third-order valence-electron chi connectivity index (χ3n) is 6.31. The zero-order valence-electron chi connectivity index (χ0n) is 20.2. The molecule has 5 rings (SSSR count). The number of ether oxygens (including phenoxy) is 1. The zero-order chi connectivity index (χ0) is 25.8. The van der Waals surface area contributed by atoms with Crippen molar-refractivity contribution in [3.8, 4) is 5.75 Å². The van der Waals surface area contributed by atoms with Crippen LogP contribution in [-0.4, -0.2) is 29.8 Å². The number of rotatable bonds is 7. The summed E-state index contributed by atoms with van der Waals surface area (Å²) in [4.78, 5) is 24.2. The lowest BCUT2D eigenvalue weighted by molar-refractivity contribution is 0.0692. The fraction of sp³-hybridized carbons (Fsp3) is 0.100. The van der Waals surface area contributed by atoms with E-state index < -0.39 is 11.9 Å². The summed E-state index contributed by atoms with van der Waals surface area (Å²) in [6, 6.07) is 31.7. The number of nitrogens with one attached hydrogen (secondary N) is 1. The molecule has 1 amide bonds. The molecule has 0 aromatic heterocycles. The van der Waals surface area contributed by atoms with Gasteiger partial charge in [-0.25, -0.2) is 4.79 Å². The number of hydrogen-bond acceptors (Lipinski definition) is 5. The molecule has 1 unspecified atom stereocenters. The molecule has 2 N–H and O–H groups in total. The summed E-state index contributed by atoms with van der Waals surface area (Å²) in [5.41, 5.74) is 4.64. The number of carboxylic acid groups (broad SMARTS) is 1. The number of hydrazone groups is 1. The van der Waals surface area contributed by atoms with E-state index in [9.17, 15) is 14.7 Å². The second-order valence-electron chi connectivity index (χ2n) is 8.60. The summed E-state index contributed by atoms with van der Waals surface area (Å²) < 4.78 is 5.32. The Morgan fingerprint density at radius 3 is 2.16 bits per heavy atom. The number of carboxylic acids is 1. The van der Waals surface area contributed by atoms with Gasteiger partial charge in [0, 0.05) is 12.1 Å². The lowest BCUT2D eigenvalue weighted by Gasteiger charge is -2.24. The summed E-state index contributed by atoms with van der Waals surface area (Å²) >= 11 is 0. The monoisotopic (exact) mass is 491 g/mol. The molecule has 7 nitrogen and oxygen atoms in total. The highest BCUT2D eigenvalue weighted by Gasteiger charge is 2.30. The number of carbonyl (C=O) groups is 2. The first-order valence-electron chi connectivity index (χ1n) is 11.8. The first kappa shape index (κ1) is 23.8. The number of hydrogen-bond donors (Lipinski definition) is 2. The molecule has 0 saturated heterocycles. The Morgan fingerprint density at radius 2 is 1.51 bits per heavy atom. The lowest BCUT2D eigenvalue weighted by Crippen LogP contribution is -2.18. The molecule has 4 aromatic rings. The number of methoxy groups -OCH3 is 1. The van der Waals surface area contributed by atoms with Crippen molar-refractivity contribution in [1.82, 2.24) is 0 Å². The van der Waals surface area contributed by atoms with Crippen LogP contribution in [-0.2, 0) is 0 Å². The smallest absolute Gasteiger partial charge is 0.336 e. The van der Waals surface area contributed by atoms with Crippen molar-refractivity contribution < 1.29 is 19.4 Å². The topological polar surface area (TPSA) is 91.2 Å². The van der Waals surface area contributed by atoms with E-state index >= 15 is 0 Å². The van der Waals surface area contributed by atoms with E-state index in [0.29, 0.717) is 12.1 Å². The predicted molar refractivity (Wildman–Crippen MR) is 144 cm³/mol. The molecule has 0 fully saturated rings. The highest BCUT2D eigenvalue weighted by atomic mass is 16.5. The molecule has 1 aliphatic rings. The molecule has 0 spiro atoms. The second kappa shape index (κ2) is 10.4. The van der Waals surface area contributed by atoms with Crippen molar-refractivity contribution in [3.05, 3.63) is 125 Å². The first-order chi connectivity index (χ1) is 18.0. The minimum atomic E-state index is -1.14. The van der Waals surface area contributed by atoms with Gasteiger partial charge in [-0.15, -0.1) is 0 Å². The minimum absolute atomic E-state index is 0.0233. The van der Waals surface area contributed by atoms with Gasteiger partial charge in [0.25, 0.3) is 5.91 Å². The number of carbonyl (C=O) groups excluding carboxylic acids is 1. The van der Waals surface area contributed by atoms with Crippen LogP contribution in [0.15, 0.2) is 108 Å². The van der Waals surface area contributed by atoms with E-state index in [1.807, 2.05) is 59.6 Å². The van der Waals surface area contributed by atoms with Gasteiger partial charge in [-0.05, 0) is 59.7 Å². The van der Waals surface area contributed by atoms with Crippen LogP contribution in [0.3, 0.4) is 0 Å². The Morgan fingerprint density at radius 1 is 0.865 bits per heavy atom. The number of para-hydroxylation sites is 1. The standard InChI is InChI=1S/C30H25N3O4/c1-37-24-17-13-21(14-18-24)28-19-27(32-33(28)23-7-3-2-4-8-23)20-11-15-22(16-12-20)31-29(34)25-9-5-6-10-26(25)30(35)36/h2-18,28H,19H2,1H3,(H,31,34)(H,35,36).